The minimum atomic E-state index is 0.0928. The van der Waals surface area contributed by atoms with E-state index in [-0.39, 0.29) is 5.78 Å². The number of ketones is 1. The maximum Gasteiger partial charge on any atom is 0.160 e. The SMILES string of the molecule is CC(=O)c1ccc(OCc2ccccc2)c(C)c1C. The first-order valence-corrected chi connectivity index (χ1v) is 6.37. The molecule has 0 aliphatic carbocycles. The van der Waals surface area contributed by atoms with Crippen LogP contribution in [0.4, 0.5) is 0 Å². The van der Waals surface area contributed by atoms with Gasteiger partial charge in [0.25, 0.3) is 0 Å². The molecule has 0 amide bonds. The Kier molecular flexibility index (Phi) is 4.00. The van der Waals surface area contributed by atoms with Crippen LogP contribution in [0.3, 0.4) is 0 Å². The Morgan fingerprint density at radius 2 is 1.68 bits per heavy atom. The van der Waals surface area contributed by atoms with Gasteiger partial charge in [-0.05, 0) is 49.6 Å². The van der Waals surface area contributed by atoms with Gasteiger partial charge < -0.3 is 4.74 Å². The fourth-order valence-electron chi connectivity index (χ4n) is 2.07. The highest BCUT2D eigenvalue weighted by Crippen LogP contribution is 2.25. The molecular weight excluding hydrogens is 236 g/mol. The standard InChI is InChI=1S/C17H18O2/c1-12-13(2)17(10-9-16(12)14(3)18)19-11-15-7-5-4-6-8-15/h4-10H,11H2,1-3H3. The topological polar surface area (TPSA) is 26.3 Å². The molecule has 98 valence electrons. The maximum atomic E-state index is 11.5. The van der Waals surface area contributed by atoms with E-state index in [0.717, 1.165) is 28.0 Å². The lowest BCUT2D eigenvalue weighted by atomic mass is 10.00. The second-order valence-electron chi connectivity index (χ2n) is 4.69. The van der Waals surface area contributed by atoms with Crippen LogP contribution in [0, 0.1) is 13.8 Å². The third kappa shape index (κ3) is 3.02. The summed E-state index contributed by atoms with van der Waals surface area (Å²) < 4.78 is 5.83. The number of rotatable bonds is 4. The fraction of sp³-hybridized carbons (Fsp3) is 0.235. The maximum absolute atomic E-state index is 11.5. The Morgan fingerprint density at radius 3 is 2.32 bits per heavy atom. The van der Waals surface area contributed by atoms with Crippen molar-refractivity contribution in [3.8, 4) is 5.75 Å². The summed E-state index contributed by atoms with van der Waals surface area (Å²) in [7, 11) is 0. The predicted octanol–water partition coefficient (Wildman–Crippen LogP) is 4.09. The van der Waals surface area contributed by atoms with Crippen molar-refractivity contribution in [2.45, 2.75) is 27.4 Å². The van der Waals surface area contributed by atoms with E-state index < -0.39 is 0 Å². The van der Waals surface area contributed by atoms with Gasteiger partial charge >= 0.3 is 0 Å². The van der Waals surface area contributed by atoms with Crippen molar-refractivity contribution in [3.63, 3.8) is 0 Å². The van der Waals surface area contributed by atoms with Crippen molar-refractivity contribution < 1.29 is 9.53 Å². The molecule has 2 nitrogen and oxygen atoms in total. The number of Topliss-reactive ketones (excluding diaryl/α,β-unsaturated/α-hetero) is 1. The first kappa shape index (κ1) is 13.3. The second kappa shape index (κ2) is 5.70. The summed E-state index contributed by atoms with van der Waals surface area (Å²) in [5.74, 6) is 0.932. The zero-order chi connectivity index (χ0) is 13.8. The Bertz CT molecular complexity index is 586. The highest BCUT2D eigenvalue weighted by atomic mass is 16.5. The minimum absolute atomic E-state index is 0.0928. The molecule has 0 fully saturated rings. The van der Waals surface area contributed by atoms with Gasteiger partial charge in [-0.15, -0.1) is 0 Å². The quantitative estimate of drug-likeness (QED) is 0.768. The van der Waals surface area contributed by atoms with Gasteiger partial charge in [-0.2, -0.15) is 0 Å². The van der Waals surface area contributed by atoms with Crippen LogP contribution in [-0.4, -0.2) is 5.78 Å². The van der Waals surface area contributed by atoms with Crippen LogP contribution in [0.5, 0.6) is 5.75 Å². The lowest BCUT2D eigenvalue weighted by molar-refractivity contribution is 0.101. The number of carbonyl (C=O) groups excluding carboxylic acids is 1. The molecule has 0 N–H and O–H groups in total. The molecule has 2 aromatic rings. The molecule has 2 aromatic carbocycles. The molecule has 0 saturated carbocycles. The summed E-state index contributed by atoms with van der Waals surface area (Å²) in [5.41, 5.74) is 3.93. The average molecular weight is 254 g/mol. The molecule has 0 saturated heterocycles. The number of benzene rings is 2. The molecule has 0 bridgehead atoms. The van der Waals surface area contributed by atoms with E-state index in [9.17, 15) is 4.79 Å². The zero-order valence-electron chi connectivity index (χ0n) is 11.6. The number of hydrogen-bond acceptors (Lipinski definition) is 2. The fourth-order valence-corrected chi connectivity index (χ4v) is 2.07. The summed E-state index contributed by atoms with van der Waals surface area (Å²) >= 11 is 0. The summed E-state index contributed by atoms with van der Waals surface area (Å²) in [4.78, 5) is 11.5. The van der Waals surface area contributed by atoms with Gasteiger partial charge in [0.1, 0.15) is 12.4 Å². The summed E-state index contributed by atoms with van der Waals surface area (Å²) in [5, 5.41) is 0. The highest BCUT2D eigenvalue weighted by Gasteiger charge is 2.10. The Hall–Kier alpha value is -2.09. The van der Waals surface area contributed by atoms with Gasteiger partial charge in [0.05, 0.1) is 0 Å². The van der Waals surface area contributed by atoms with Gasteiger partial charge in [0, 0.05) is 5.56 Å². The number of ether oxygens (including phenoxy) is 1. The second-order valence-corrected chi connectivity index (χ2v) is 4.69. The molecule has 0 aromatic heterocycles. The first-order chi connectivity index (χ1) is 9.09. The lowest BCUT2D eigenvalue weighted by Crippen LogP contribution is -2.02. The molecule has 2 heteroatoms. The number of hydrogen-bond donors (Lipinski definition) is 0. The third-order valence-corrected chi connectivity index (χ3v) is 3.35. The molecular formula is C17H18O2. The largest absolute Gasteiger partial charge is 0.489 e. The average Bonchev–Trinajstić information content (AvgIpc) is 2.41. The van der Waals surface area contributed by atoms with Crippen molar-refractivity contribution >= 4 is 5.78 Å². The monoisotopic (exact) mass is 254 g/mol. The van der Waals surface area contributed by atoms with Gasteiger partial charge in [-0.25, -0.2) is 0 Å². The van der Waals surface area contributed by atoms with Crippen LogP contribution in [0.15, 0.2) is 42.5 Å². The third-order valence-electron chi connectivity index (χ3n) is 3.35. The lowest BCUT2D eigenvalue weighted by Gasteiger charge is -2.13. The van der Waals surface area contributed by atoms with E-state index in [1.165, 1.54) is 0 Å². The molecule has 2 rings (SSSR count). The van der Waals surface area contributed by atoms with Gasteiger partial charge in [0.15, 0.2) is 5.78 Å². The molecule has 0 aliphatic rings. The first-order valence-electron chi connectivity index (χ1n) is 6.37. The van der Waals surface area contributed by atoms with Crippen LogP contribution in [-0.2, 0) is 6.61 Å². The van der Waals surface area contributed by atoms with Crippen LogP contribution in [0.25, 0.3) is 0 Å². The van der Waals surface area contributed by atoms with Crippen LogP contribution in [0.2, 0.25) is 0 Å². The molecule has 19 heavy (non-hydrogen) atoms. The van der Waals surface area contributed by atoms with Crippen LogP contribution in [0.1, 0.15) is 34.0 Å². The normalized spacial score (nSPS) is 10.3. The summed E-state index contributed by atoms with van der Waals surface area (Å²) in [6.07, 6.45) is 0. The Morgan fingerprint density at radius 1 is 1.00 bits per heavy atom. The van der Waals surface area contributed by atoms with Crippen molar-refractivity contribution in [1.29, 1.82) is 0 Å². The highest BCUT2D eigenvalue weighted by molar-refractivity contribution is 5.96. The van der Waals surface area contributed by atoms with Crippen molar-refractivity contribution in [3.05, 3.63) is 64.7 Å². The van der Waals surface area contributed by atoms with E-state index in [4.69, 9.17) is 4.74 Å². The summed E-state index contributed by atoms with van der Waals surface area (Å²) in [6.45, 7) is 6.08. The molecule has 0 spiro atoms. The van der Waals surface area contributed by atoms with E-state index in [2.05, 4.69) is 0 Å². The van der Waals surface area contributed by atoms with Crippen LogP contribution < -0.4 is 4.74 Å². The van der Waals surface area contributed by atoms with Gasteiger partial charge in [-0.1, -0.05) is 30.3 Å². The van der Waals surface area contributed by atoms with E-state index in [1.807, 2.05) is 56.3 Å². The zero-order valence-corrected chi connectivity index (χ0v) is 11.6. The smallest absolute Gasteiger partial charge is 0.160 e. The van der Waals surface area contributed by atoms with Crippen LogP contribution >= 0.6 is 0 Å². The van der Waals surface area contributed by atoms with E-state index in [1.54, 1.807) is 6.92 Å². The molecule has 0 unspecified atom stereocenters. The molecule has 0 atom stereocenters. The number of carbonyl (C=O) groups is 1. The minimum Gasteiger partial charge on any atom is -0.489 e. The predicted molar refractivity (Wildman–Crippen MR) is 76.7 cm³/mol. The van der Waals surface area contributed by atoms with Crippen molar-refractivity contribution in [2.24, 2.45) is 0 Å². The molecule has 0 radical (unpaired) electrons. The van der Waals surface area contributed by atoms with E-state index in [0.29, 0.717) is 6.61 Å². The molecule has 0 aliphatic heterocycles. The van der Waals surface area contributed by atoms with Gasteiger partial charge in [-0.3, -0.25) is 4.79 Å². The Labute approximate surface area is 114 Å². The Balaban J connectivity index is 2.18. The van der Waals surface area contributed by atoms with Crippen molar-refractivity contribution in [1.82, 2.24) is 0 Å². The molecule has 0 heterocycles. The van der Waals surface area contributed by atoms with Gasteiger partial charge in [0.2, 0.25) is 0 Å². The van der Waals surface area contributed by atoms with Crippen molar-refractivity contribution in [2.75, 3.05) is 0 Å². The van der Waals surface area contributed by atoms with E-state index >= 15 is 0 Å². The summed E-state index contributed by atoms with van der Waals surface area (Å²) in [6, 6.07) is 13.8.